The Morgan fingerprint density at radius 3 is 1.62 bits per heavy atom. The van der Waals surface area contributed by atoms with E-state index in [1.165, 1.54) is 0 Å². The summed E-state index contributed by atoms with van der Waals surface area (Å²) in [5.41, 5.74) is -0.261. The van der Waals surface area contributed by atoms with Crippen LogP contribution in [0.15, 0.2) is 24.3 Å². The lowest BCUT2D eigenvalue weighted by Gasteiger charge is -2.37. The number of halogens is 1. The zero-order valence-corrected chi connectivity index (χ0v) is 25.6. The highest BCUT2D eigenvalue weighted by Gasteiger charge is 2.30. The molecule has 0 saturated carbocycles. The van der Waals surface area contributed by atoms with Gasteiger partial charge in [-0.15, -0.1) is 0 Å². The fourth-order valence-corrected chi connectivity index (χ4v) is 4.53. The number of hydrogen-bond acceptors (Lipinski definition) is 6. The van der Waals surface area contributed by atoms with Crippen molar-refractivity contribution in [3.05, 3.63) is 34.9 Å². The van der Waals surface area contributed by atoms with Gasteiger partial charge in [-0.25, -0.2) is 9.59 Å². The second-order valence-corrected chi connectivity index (χ2v) is 12.6. The maximum atomic E-state index is 12.5. The van der Waals surface area contributed by atoms with E-state index in [4.69, 9.17) is 21.1 Å². The Hall–Kier alpha value is -2.52. The number of ether oxygens (including phenoxy) is 2. The van der Waals surface area contributed by atoms with Crippen molar-refractivity contribution >= 4 is 29.7 Å². The molecule has 2 aliphatic rings. The van der Waals surface area contributed by atoms with Crippen LogP contribution in [0.2, 0.25) is 5.02 Å². The number of rotatable bonds is 3. The van der Waals surface area contributed by atoms with Crippen molar-refractivity contribution < 1.29 is 23.9 Å². The molecular weight excluding hydrogens is 520 g/mol. The summed E-state index contributed by atoms with van der Waals surface area (Å²) in [6.07, 6.45) is 3.04. The summed E-state index contributed by atoms with van der Waals surface area (Å²) in [7, 11) is 3.78. The van der Waals surface area contributed by atoms with Crippen LogP contribution in [0.1, 0.15) is 77.6 Å². The first-order valence-corrected chi connectivity index (χ1v) is 14.1. The number of carbonyl (C=O) groups excluding carboxylic acids is 3. The molecule has 1 N–H and O–H groups in total. The number of likely N-dealkylation sites (tertiary alicyclic amines) is 2. The van der Waals surface area contributed by atoms with Gasteiger partial charge in [-0.1, -0.05) is 11.6 Å². The maximum absolute atomic E-state index is 12.5. The van der Waals surface area contributed by atoms with Crippen molar-refractivity contribution in [2.45, 2.75) is 90.5 Å². The SMILES string of the molecule is CN(C(=O)c1ccc(Cl)cc1)C1CCN(C(=O)OC(C)(C)C)CC1.CNC1CCN(C(=O)OC(C)(C)C)CC1. The molecule has 0 bridgehead atoms. The van der Waals surface area contributed by atoms with E-state index in [2.05, 4.69) is 5.32 Å². The van der Waals surface area contributed by atoms with Gasteiger partial charge >= 0.3 is 12.2 Å². The highest BCUT2D eigenvalue weighted by molar-refractivity contribution is 6.30. The van der Waals surface area contributed by atoms with Gasteiger partial charge in [-0.3, -0.25) is 4.79 Å². The summed E-state index contributed by atoms with van der Waals surface area (Å²) in [6, 6.07) is 7.56. The molecule has 0 atom stereocenters. The molecule has 1 aromatic carbocycles. The van der Waals surface area contributed by atoms with Crippen molar-refractivity contribution in [2.75, 3.05) is 40.3 Å². The smallest absolute Gasteiger partial charge is 0.410 e. The molecular formula is C29H47ClN4O5. The van der Waals surface area contributed by atoms with E-state index in [1.807, 2.05) is 55.6 Å². The van der Waals surface area contributed by atoms with Crippen LogP contribution in [-0.4, -0.2) is 96.4 Å². The molecule has 39 heavy (non-hydrogen) atoms. The Morgan fingerprint density at radius 2 is 1.23 bits per heavy atom. The van der Waals surface area contributed by atoms with Crippen LogP contribution < -0.4 is 5.32 Å². The molecule has 0 aromatic heterocycles. The normalized spacial score (nSPS) is 17.2. The fraction of sp³-hybridized carbons (Fsp3) is 0.690. The molecule has 3 amide bonds. The number of piperidine rings is 2. The van der Waals surface area contributed by atoms with Gasteiger partial charge in [-0.05, 0) is 98.5 Å². The lowest BCUT2D eigenvalue weighted by atomic mass is 10.0. The molecule has 10 heteroatoms. The first kappa shape index (κ1) is 32.7. The Morgan fingerprint density at radius 1 is 0.821 bits per heavy atom. The molecule has 2 saturated heterocycles. The molecule has 2 aliphatic heterocycles. The molecule has 0 spiro atoms. The predicted molar refractivity (Wildman–Crippen MR) is 154 cm³/mol. The van der Waals surface area contributed by atoms with Crippen LogP contribution in [0.25, 0.3) is 0 Å². The third-order valence-electron chi connectivity index (χ3n) is 6.63. The minimum atomic E-state index is -0.491. The molecule has 3 rings (SSSR count). The lowest BCUT2D eigenvalue weighted by molar-refractivity contribution is 0.0156. The third-order valence-corrected chi connectivity index (χ3v) is 6.88. The summed E-state index contributed by atoms with van der Waals surface area (Å²) in [5.74, 6) is -0.0256. The van der Waals surface area contributed by atoms with Gasteiger partial charge in [0.15, 0.2) is 0 Å². The number of carbonyl (C=O) groups is 3. The van der Waals surface area contributed by atoms with Gasteiger partial charge in [0.1, 0.15) is 11.2 Å². The molecule has 2 fully saturated rings. The average Bonchev–Trinajstić information content (AvgIpc) is 2.87. The van der Waals surface area contributed by atoms with E-state index in [0.717, 1.165) is 38.8 Å². The van der Waals surface area contributed by atoms with Gasteiger partial charge in [0.25, 0.3) is 5.91 Å². The summed E-state index contributed by atoms with van der Waals surface area (Å²) >= 11 is 5.86. The van der Waals surface area contributed by atoms with E-state index in [9.17, 15) is 14.4 Å². The zero-order valence-electron chi connectivity index (χ0n) is 24.9. The molecule has 9 nitrogen and oxygen atoms in total. The number of nitrogens with zero attached hydrogens (tertiary/aromatic N) is 3. The quantitative estimate of drug-likeness (QED) is 0.525. The Labute approximate surface area is 239 Å². The van der Waals surface area contributed by atoms with Crippen molar-refractivity contribution in [1.82, 2.24) is 20.0 Å². The van der Waals surface area contributed by atoms with Crippen LogP contribution in [0, 0.1) is 0 Å². The molecule has 2 heterocycles. The van der Waals surface area contributed by atoms with Gasteiger partial charge < -0.3 is 29.5 Å². The van der Waals surface area contributed by atoms with Crippen molar-refractivity contribution in [2.24, 2.45) is 0 Å². The minimum Gasteiger partial charge on any atom is -0.444 e. The first-order chi connectivity index (χ1) is 18.1. The van der Waals surface area contributed by atoms with E-state index in [-0.39, 0.29) is 24.1 Å². The van der Waals surface area contributed by atoms with Crippen molar-refractivity contribution in [3.63, 3.8) is 0 Å². The highest BCUT2D eigenvalue weighted by Crippen LogP contribution is 2.21. The second-order valence-electron chi connectivity index (χ2n) is 12.2. The molecule has 0 radical (unpaired) electrons. The average molecular weight is 567 g/mol. The lowest BCUT2D eigenvalue weighted by Crippen LogP contribution is -2.48. The Bertz CT molecular complexity index is 942. The van der Waals surface area contributed by atoms with Crippen LogP contribution >= 0.6 is 11.6 Å². The van der Waals surface area contributed by atoms with Crippen LogP contribution in [0.3, 0.4) is 0 Å². The summed E-state index contributed by atoms with van der Waals surface area (Å²) < 4.78 is 10.7. The predicted octanol–water partition coefficient (Wildman–Crippen LogP) is 5.42. The van der Waals surface area contributed by atoms with E-state index in [1.54, 1.807) is 39.0 Å². The first-order valence-electron chi connectivity index (χ1n) is 13.8. The van der Waals surface area contributed by atoms with Crippen LogP contribution in [-0.2, 0) is 9.47 Å². The molecule has 1 aromatic rings. The Kier molecular flexibility index (Phi) is 11.9. The van der Waals surface area contributed by atoms with E-state index >= 15 is 0 Å². The monoisotopic (exact) mass is 566 g/mol. The summed E-state index contributed by atoms with van der Waals surface area (Å²) in [5, 5.41) is 3.84. The number of amides is 3. The number of nitrogens with one attached hydrogen (secondary N) is 1. The zero-order chi connectivity index (χ0) is 29.4. The van der Waals surface area contributed by atoms with Crippen LogP contribution in [0.4, 0.5) is 9.59 Å². The summed E-state index contributed by atoms with van der Waals surface area (Å²) in [4.78, 5) is 41.6. The Balaban J connectivity index is 0.000000306. The third kappa shape index (κ3) is 11.2. The van der Waals surface area contributed by atoms with Gasteiger partial charge in [-0.2, -0.15) is 0 Å². The maximum Gasteiger partial charge on any atom is 0.410 e. The van der Waals surface area contributed by atoms with Crippen LogP contribution in [0.5, 0.6) is 0 Å². The van der Waals surface area contributed by atoms with Gasteiger partial charge in [0.05, 0.1) is 0 Å². The highest BCUT2D eigenvalue weighted by atomic mass is 35.5. The number of benzene rings is 1. The molecule has 0 unspecified atom stereocenters. The number of hydrogen-bond donors (Lipinski definition) is 1. The standard InChI is InChI=1S/C18H25ClN2O3.C11H22N2O2/c1-18(2,3)24-17(23)21-11-9-15(10-12-21)20(4)16(22)13-5-7-14(19)8-6-13;1-11(2,3)15-10(14)13-7-5-9(12-4)6-8-13/h5-8,15H,9-12H2,1-4H3;9,12H,5-8H2,1-4H3. The van der Waals surface area contributed by atoms with E-state index in [0.29, 0.717) is 29.7 Å². The van der Waals surface area contributed by atoms with Crippen molar-refractivity contribution in [3.8, 4) is 0 Å². The molecule has 0 aliphatic carbocycles. The largest absolute Gasteiger partial charge is 0.444 e. The second kappa shape index (κ2) is 14.2. The molecule has 220 valence electrons. The fourth-order valence-electron chi connectivity index (χ4n) is 4.40. The van der Waals surface area contributed by atoms with Gasteiger partial charge in [0.2, 0.25) is 0 Å². The minimum absolute atomic E-state index is 0.0256. The van der Waals surface area contributed by atoms with Gasteiger partial charge in [0, 0.05) is 55.9 Å². The topological polar surface area (TPSA) is 91.4 Å². The van der Waals surface area contributed by atoms with E-state index < -0.39 is 11.2 Å². The summed E-state index contributed by atoms with van der Waals surface area (Å²) in [6.45, 7) is 14.0. The van der Waals surface area contributed by atoms with Crippen molar-refractivity contribution in [1.29, 1.82) is 0 Å².